The fourth-order valence-corrected chi connectivity index (χ4v) is 3.24. The van der Waals surface area contributed by atoms with Gasteiger partial charge in [0.2, 0.25) is 5.91 Å². The number of hydrogen-bond acceptors (Lipinski definition) is 3. The number of piperidine rings is 1. The van der Waals surface area contributed by atoms with Crippen LogP contribution in [0.4, 0.5) is 11.4 Å². The Labute approximate surface area is 120 Å². The van der Waals surface area contributed by atoms with Gasteiger partial charge in [0.15, 0.2) is 0 Å². The molecule has 0 radical (unpaired) electrons. The average molecular weight is 273 g/mol. The highest BCUT2D eigenvalue weighted by atomic mass is 16.2. The van der Waals surface area contributed by atoms with Crippen molar-refractivity contribution < 1.29 is 4.79 Å². The molecule has 0 aliphatic carbocycles. The first-order chi connectivity index (χ1) is 9.49. The molecule has 1 saturated heterocycles. The first-order valence-electron chi connectivity index (χ1n) is 7.41. The van der Waals surface area contributed by atoms with Gasteiger partial charge in [0.1, 0.15) is 6.04 Å². The molecule has 2 aliphatic heterocycles. The molecule has 1 aromatic carbocycles. The maximum absolute atomic E-state index is 11.9. The smallest absolute Gasteiger partial charge is 0.248 e. The normalized spacial score (nSPS) is 29.8. The summed E-state index contributed by atoms with van der Waals surface area (Å²) < 4.78 is 0. The molecule has 0 spiro atoms. The van der Waals surface area contributed by atoms with Crippen LogP contribution >= 0.6 is 0 Å². The predicted molar refractivity (Wildman–Crippen MR) is 81.9 cm³/mol. The van der Waals surface area contributed by atoms with Crippen molar-refractivity contribution in [3.63, 3.8) is 0 Å². The molecule has 2 aliphatic rings. The molecule has 20 heavy (non-hydrogen) atoms. The monoisotopic (exact) mass is 273 g/mol. The summed E-state index contributed by atoms with van der Waals surface area (Å²) in [5, 5.41) is 0. The number of carbonyl (C=O) groups is 1. The van der Waals surface area contributed by atoms with Gasteiger partial charge in [-0.1, -0.05) is 19.9 Å². The Bertz CT molecular complexity index is 543. The molecule has 4 heteroatoms. The number of nitrogens with zero attached hydrogens (tertiary/aromatic N) is 2. The van der Waals surface area contributed by atoms with Crippen molar-refractivity contribution in [1.29, 1.82) is 0 Å². The van der Waals surface area contributed by atoms with E-state index in [1.807, 2.05) is 6.07 Å². The average Bonchev–Trinajstić information content (AvgIpc) is 2.66. The number of nitrogens with two attached hydrogens (primary N) is 1. The molecule has 3 atom stereocenters. The van der Waals surface area contributed by atoms with Crippen molar-refractivity contribution in [2.45, 2.75) is 26.3 Å². The number of hydrogen-bond donors (Lipinski definition) is 1. The van der Waals surface area contributed by atoms with Crippen molar-refractivity contribution in [2.24, 2.45) is 17.6 Å². The predicted octanol–water partition coefficient (Wildman–Crippen LogP) is 2.15. The fourth-order valence-electron chi connectivity index (χ4n) is 3.24. The molecule has 0 bridgehead atoms. The van der Waals surface area contributed by atoms with Crippen molar-refractivity contribution in [1.82, 2.24) is 0 Å². The third-order valence-electron chi connectivity index (χ3n) is 5.01. The lowest BCUT2D eigenvalue weighted by molar-refractivity contribution is -0.118. The van der Waals surface area contributed by atoms with Gasteiger partial charge in [-0.25, -0.2) is 0 Å². The van der Waals surface area contributed by atoms with Crippen molar-refractivity contribution in [3.05, 3.63) is 23.8 Å². The number of amides is 1. The molecule has 3 rings (SSSR count). The highest BCUT2D eigenvalue weighted by Gasteiger charge is 2.33. The Morgan fingerprint density at radius 3 is 2.70 bits per heavy atom. The molecule has 2 heterocycles. The van der Waals surface area contributed by atoms with E-state index in [0.717, 1.165) is 30.3 Å². The number of likely N-dealkylation sites (N-methyl/N-ethyl adjacent to an activating group) is 1. The number of fused-ring (bicyclic) bond motifs is 1. The van der Waals surface area contributed by atoms with Gasteiger partial charge >= 0.3 is 0 Å². The van der Waals surface area contributed by atoms with Crippen LogP contribution in [0.3, 0.4) is 0 Å². The van der Waals surface area contributed by atoms with E-state index in [9.17, 15) is 4.79 Å². The van der Waals surface area contributed by atoms with Gasteiger partial charge in [-0.05, 0) is 30.4 Å². The van der Waals surface area contributed by atoms with Gasteiger partial charge in [0.25, 0.3) is 0 Å². The summed E-state index contributed by atoms with van der Waals surface area (Å²) in [6.45, 7) is 6.82. The molecular formula is C16H23N3O. The van der Waals surface area contributed by atoms with E-state index in [4.69, 9.17) is 5.73 Å². The summed E-state index contributed by atoms with van der Waals surface area (Å²) in [6, 6.07) is 5.74. The molecule has 1 aromatic rings. The van der Waals surface area contributed by atoms with E-state index >= 15 is 0 Å². The van der Waals surface area contributed by atoms with Crippen LogP contribution in [0.25, 0.3) is 0 Å². The summed E-state index contributed by atoms with van der Waals surface area (Å²) in [6.07, 6.45) is 1.23. The van der Waals surface area contributed by atoms with Crippen LogP contribution in [0, 0.1) is 11.8 Å². The molecule has 108 valence electrons. The van der Waals surface area contributed by atoms with Gasteiger partial charge in [-0.3, -0.25) is 4.79 Å². The maximum Gasteiger partial charge on any atom is 0.248 e. The zero-order chi connectivity index (χ0) is 14.4. The van der Waals surface area contributed by atoms with Gasteiger partial charge in [0, 0.05) is 31.4 Å². The van der Waals surface area contributed by atoms with Gasteiger partial charge in [-0.15, -0.1) is 0 Å². The lowest BCUT2D eigenvalue weighted by Gasteiger charge is -2.37. The lowest BCUT2D eigenvalue weighted by atomic mass is 9.88. The van der Waals surface area contributed by atoms with E-state index in [-0.39, 0.29) is 5.91 Å². The standard InChI is InChI=1S/C16H23N3O/c1-10-6-7-19(9-11(10)2)12-4-5-13-14(8-12)18(3)16(20)15(13)17/h4-5,8,10-11,15H,6-7,9,17H2,1-3H3. The van der Waals surface area contributed by atoms with E-state index in [0.29, 0.717) is 5.92 Å². The minimum absolute atomic E-state index is 0.0159. The largest absolute Gasteiger partial charge is 0.371 e. The van der Waals surface area contributed by atoms with Crippen LogP contribution < -0.4 is 15.5 Å². The Morgan fingerprint density at radius 1 is 1.25 bits per heavy atom. The fraction of sp³-hybridized carbons (Fsp3) is 0.562. The third-order valence-corrected chi connectivity index (χ3v) is 5.01. The zero-order valence-electron chi connectivity index (χ0n) is 12.5. The summed E-state index contributed by atoms with van der Waals surface area (Å²) in [5.74, 6) is 1.48. The summed E-state index contributed by atoms with van der Waals surface area (Å²) >= 11 is 0. The quantitative estimate of drug-likeness (QED) is 0.853. The molecule has 0 saturated carbocycles. The minimum atomic E-state index is -0.496. The third kappa shape index (κ3) is 1.99. The van der Waals surface area contributed by atoms with Crippen LogP contribution in [-0.2, 0) is 4.79 Å². The second kappa shape index (κ2) is 4.77. The van der Waals surface area contributed by atoms with Crippen LogP contribution in [0.2, 0.25) is 0 Å². The van der Waals surface area contributed by atoms with Gasteiger partial charge in [0.05, 0.1) is 5.69 Å². The van der Waals surface area contributed by atoms with Crippen molar-refractivity contribution in [2.75, 3.05) is 29.9 Å². The summed E-state index contributed by atoms with van der Waals surface area (Å²) in [7, 11) is 1.80. The number of rotatable bonds is 1. The molecule has 3 unspecified atom stereocenters. The Hall–Kier alpha value is -1.55. The first-order valence-corrected chi connectivity index (χ1v) is 7.41. The van der Waals surface area contributed by atoms with Crippen LogP contribution in [0.1, 0.15) is 31.9 Å². The molecule has 4 nitrogen and oxygen atoms in total. The highest BCUT2D eigenvalue weighted by molar-refractivity contribution is 6.04. The van der Waals surface area contributed by atoms with Crippen LogP contribution in [0.5, 0.6) is 0 Å². The maximum atomic E-state index is 11.9. The number of benzene rings is 1. The first kappa shape index (κ1) is 13.4. The number of carbonyl (C=O) groups excluding carboxylic acids is 1. The molecule has 1 amide bonds. The van der Waals surface area contributed by atoms with Gasteiger partial charge in [-0.2, -0.15) is 0 Å². The van der Waals surface area contributed by atoms with Crippen LogP contribution in [0.15, 0.2) is 18.2 Å². The Kier molecular flexibility index (Phi) is 3.21. The van der Waals surface area contributed by atoms with E-state index in [1.165, 1.54) is 12.1 Å². The second-order valence-corrected chi connectivity index (χ2v) is 6.31. The SMILES string of the molecule is CC1CCN(c2ccc3c(c2)N(C)C(=O)C3N)CC1C. The molecular weight excluding hydrogens is 250 g/mol. The van der Waals surface area contributed by atoms with E-state index < -0.39 is 6.04 Å². The lowest BCUT2D eigenvalue weighted by Crippen LogP contribution is -2.38. The molecule has 1 fully saturated rings. The minimum Gasteiger partial charge on any atom is -0.371 e. The number of anilines is 2. The summed E-state index contributed by atoms with van der Waals surface area (Å²) in [5.41, 5.74) is 9.06. The summed E-state index contributed by atoms with van der Waals surface area (Å²) in [4.78, 5) is 16.0. The van der Waals surface area contributed by atoms with Crippen LogP contribution in [-0.4, -0.2) is 26.0 Å². The Morgan fingerprint density at radius 2 is 2.00 bits per heavy atom. The second-order valence-electron chi connectivity index (χ2n) is 6.31. The van der Waals surface area contributed by atoms with E-state index in [2.05, 4.69) is 30.9 Å². The zero-order valence-corrected chi connectivity index (χ0v) is 12.5. The van der Waals surface area contributed by atoms with Crippen molar-refractivity contribution in [3.8, 4) is 0 Å². The molecule has 2 N–H and O–H groups in total. The Balaban J connectivity index is 1.89. The van der Waals surface area contributed by atoms with Gasteiger partial charge < -0.3 is 15.5 Å². The molecule has 0 aromatic heterocycles. The highest BCUT2D eigenvalue weighted by Crippen LogP contribution is 2.37. The topological polar surface area (TPSA) is 49.6 Å². The van der Waals surface area contributed by atoms with E-state index in [1.54, 1.807) is 11.9 Å². The van der Waals surface area contributed by atoms with Crippen molar-refractivity contribution >= 4 is 17.3 Å².